The number of amides is 1. The highest BCUT2D eigenvalue weighted by molar-refractivity contribution is 6.07. The molecule has 35 heavy (non-hydrogen) atoms. The van der Waals surface area contributed by atoms with Crippen LogP contribution in [0.25, 0.3) is 10.8 Å². The van der Waals surface area contributed by atoms with E-state index in [0.29, 0.717) is 24.6 Å². The monoisotopic (exact) mass is 476 g/mol. The molecule has 0 aromatic heterocycles. The molecule has 1 amide bonds. The van der Waals surface area contributed by atoms with E-state index in [9.17, 15) is 19.4 Å². The van der Waals surface area contributed by atoms with Gasteiger partial charge in [0.05, 0.1) is 12.7 Å². The molecule has 0 spiro atoms. The van der Waals surface area contributed by atoms with Gasteiger partial charge in [-0.25, -0.2) is 4.39 Å². The summed E-state index contributed by atoms with van der Waals surface area (Å²) >= 11 is 0. The van der Waals surface area contributed by atoms with Gasteiger partial charge in [0.2, 0.25) is 0 Å². The van der Waals surface area contributed by atoms with Crippen molar-refractivity contribution in [2.45, 2.75) is 24.9 Å². The molecule has 0 aliphatic carbocycles. The molecular weight excluding hydrogens is 443 g/mol. The van der Waals surface area contributed by atoms with E-state index in [4.69, 9.17) is 0 Å². The fourth-order valence-electron chi connectivity index (χ4n) is 5.92. The Balaban J connectivity index is 1.26. The van der Waals surface area contributed by atoms with E-state index in [1.165, 1.54) is 17.7 Å². The van der Waals surface area contributed by atoms with Gasteiger partial charge >= 0.3 is 0 Å². The SMILES string of the molecule is O=C(c1cccc2ccccc12)N1CC(CN2CCC(c3ccc(F)cc3)CC2)[C@H](C(O)CO)C1. The van der Waals surface area contributed by atoms with Gasteiger partial charge in [-0.15, -0.1) is 0 Å². The molecule has 3 atom stereocenters. The maximum atomic E-state index is 13.5. The van der Waals surface area contributed by atoms with Gasteiger partial charge in [0.15, 0.2) is 0 Å². The van der Waals surface area contributed by atoms with Crippen LogP contribution in [0.3, 0.4) is 0 Å². The molecular formula is C29H33FN2O3. The first-order chi connectivity index (χ1) is 17.0. The van der Waals surface area contributed by atoms with Crippen LogP contribution in [0.5, 0.6) is 0 Å². The zero-order valence-corrected chi connectivity index (χ0v) is 19.9. The average Bonchev–Trinajstić information content (AvgIpc) is 3.32. The highest BCUT2D eigenvalue weighted by Crippen LogP contribution is 2.33. The second-order valence-corrected chi connectivity index (χ2v) is 10.0. The minimum absolute atomic E-state index is 0.0190. The number of likely N-dealkylation sites (tertiary alicyclic amines) is 2. The molecule has 2 fully saturated rings. The summed E-state index contributed by atoms with van der Waals surface area (Å²) in [7, 11) is 0. The van der Waals surface area contributed by atoms with Crippen LogP contribution < -0.4 is 0 Å². The van der Waals surface area contributed by atoms with Crippen LogP contribution in [0.15, 0.2) is 66.7 Å². The summed E-state index contributed by atoms with van der Waals surface area (Å²) in [6.45, 7) is 3.36. The molecule has 3 aromatic rings. The van der Waals surface area contributed by atoms with Gasteiger partial charge in [-0.05, 0) is 72.3 Å². The minimum atomic E-state index is -0.845. The third-order valence-corrected chi connectivity index (χ3v) is 7.90. The third-order valence-electron chi connectivity index (χ3n) is 7.90. The third kappa shape index (κ3) is 5.10. The van der Waals surface area contributed by atoms with Crippen molar-refractivity contribution in [1.29, 1.82) is 0 Å². The van der Waals surface area contributed by atoms with Crippen molar-refractivity contribution in [1.82, 2.24) is 9.80 Å². The van der Waals surface area contributed by atoms with E-state index in [1.807, 2.05) is 59.5 Å². The molecule has 0 saturated carbocycles. The van der Waals surface area contributed by atoms with Crippen LogP contribution in [0.1, 0.15) is 34.7 Å². The normalized spacial score (nSPS) is 22.5. The predicted octanol–water partition coefficient (Wildman–Crippen LogP) is 3.90. The lowest BCUT2D eigenvalue weighted by molar-refractivity contribution is 0.0280. The molecule has 5 rings (SSSR count). The van der Waals surface area contributed by atoms with Crippen LogP contribution in [0.2, 0.25) is 0 Å². The van der Waals surface area contributed by atoms with Crippen molar-refractivity contribution in [3.8, 4) is 0 Å². The number of rotatable bonds is 6. The van der Waals surface area contributed by atoms with Crippen LogP contribution >= 0.6 is 0 Å². The van der Waals surface area contributed by atoms with Gasteiger partial charge in [-0.3, -0.25) is 4.79 Å². The van der Waals surface area contributed by atoms with E-state index >= 15 is 0 Å². The highest BCUT2D eigenvalue weighted by Gasteiger charge is 2.40. The number of hydrogen-bond donors (Lipinski definition) is 2. The average molecular weight is 477 g/mol. The molecule has 2 heterocycles. The number of hydrogen-bond acceptors (Lipinski definition) is 4. The smallest absolute Gasteiger partial charge is 0.254 e. The zero-order valence-electron chi connectivity index (χ0n) is 19.9. The van der Waals surface area contributed by atoms with Crippen molar-refractivity contribution in [2.24, 2.45) is 11.8 Å². The number of aliphatic hydroxyl groups excluding tert-OH is 2. The number of halogens is 1. The number of fused-ring (bicyclic) bond motifs is 1. The molecule has 2 aliphatic heterocycles. The van der Waals surface area contributed by atoms with Crippen molar-refractivity contribution in [2.75, 3.05) is 39.3 Å². The summed E-state index contributed by atoms with van der Waals surface area (Å²) in [6, 6.07) is 20.5. The summed E-state index contributed by atoms with van der Waals surface area (Å²) in [5, 5.41) is 22.2. The molecule has 5 nitrogen and oxygen atoms in total. The largest absolute Gasteiger partial charge is 0.394 e. The Labute approximate surface area is 205 Å². The molecule has 2 saturated heterocycles. The summed E-state index contributed by atoms with van der Waals surface area (Å²) in [6.07, 6.45) is 1.16. The Bertz CT molecular complexity index is 1150. The topological polar surface area (TPSA) is 64.0 Å². The second kappa shape index (κ2) is 10.4. The number of piperidine rings is 1. The highest BCUT2D eigenvalue weighted by atomic mass is 19.1. The van der Waals surface area contributed by atoms with E-state index in [0.717, 1.165) is 43.2 Å². The van der Waals surface area contributed by atoms with Crippen molar-refractivity contribution < 1.29 is 19.4 Å². The van der Waals surface area contributed by atoms with Crippen LogP contribution in [-0.2, 0) is 0 Å². The molecule has 0 radical (unpaired) electrons. The Morgan fingerprint density at radius 3 is 2.43 bits per heavy atom. The van der Waals surface area contributed by atoms with E-state index in [1.54, 1.807) is 0 Å². The summed E-state index contributed by atoms with van der Waals surface area (Å²) in [4.78, 5) is 17.8. The molecule has 0 bridgehead atoms. The zero-order chi connectivity index (χ0) is 24.4. The van der Waals surface area contributed by atoms with E-state index in [-0.39, 0.29) is 30.2 Å². The first-order valence-corrected chi connectivity index (χ1v) is 12.6. The lowest BCUT2D eigenvalue weighted by Crippen LogP contribution is -2.41. The van der Waals surface area contributed by atoms with Crippen LogP contribution in [0.4, 0.5) is 4.39 Å². The minimum Gasteiger partial charge on any atom is -0.394 e. The van der Waals surface area contributed by atoms with Gasteiger partial charge in [-0.1, -0.05) is 48.5 Å². The number of benzene rings is 3. The molecule has 6 heteroatoms. The van der Waals surface area contributed by atoms with Crippen molar-refractivity contribution in [3.05, 3.63) is 83.7 Å². The van der Waals surface area contributed by atoms with Crippen LogP contribution in [-0.4, -0.2) is 71.4 Å². The number of aliphatic hydroxyl groups is 2. The number of carbonyl (C=O) groups excluding carboxylic acids is 1. The summed E-state index contributed by atoms with van der Waals surface area (Å²) in [5.74, 6) is 0.142. The second-order valence-electron chi connectivity index (χ2n) is 10.0. The van der Waals surface area contributed by atoms with Gasteiger partial charge < -0.3 is 20.0 Å². The van der Waals surface area contributed by atoms with Gasteiger partial charge in [0, 0.05) is 31.1 Å². The lowest BCUT2D eigenvalue weighted by Gasteiger charge is -2.35. The summed E-state index contributed by atoms with van der Waals surface area (Å²) in [5.41, 5.74) is 1.87. The van der Waals surface area contributed by atoms with Crippen LogP contribution in [0, 0.1) is 17.7 Å². The Kier molecular flexibility index (Phi) is 7.14. The molecule has 2 aliphatic rings. The van der Waals surface area contributed by atoms with Gasteiger partial charge in [0.25, 0.3) is 5.91 Å². The van der Waals surface area contributed by atoms with Crippen molar-refractivity contribution >= 4 is 16.7 Å². The van der Waals surface area contributed by atoms with Gasteiger partial charge in [0.1, 0.15) is 5.82 Å². The molecule has 2 unspecified atom stereocenters. The molecule has 2 N–H and O–H groups in total. The standard InChI is InChI=1S/C29H33FN2O3/c30-24-10-8-20(9-11-24)21-12-14-31(15-13-21)16-23-17-32(18-27(23)28(34)19-33)29(35)26-7-3-5-22-4-1-2-6-25(22)26/h1-11,21,23,27-28,33-34H,12-19H2/t23?,27-,28?/m1/s1. The summed E-state index contributed by atoms with van der Waals surface area (Å²) < 4.78 is 13.3. The number of carbonyl (C=O) groups is 1. The van der Waals surface area contributed by atoms with Gasteiger partial charge in [-0.2, -0.15) is 0 Å². The first-order valence-electron chi connectivity index (χ1n) is 12.6. The van der Waals surface area contributed by atoms with Crippen molar-refractivity contribution in [3.63, 3.8) is 0 Å². The maximum Gasteiger partial charge on any atom is 0.254 e. The fourth-order valence-corrected chi connectivity index (χ4v) is 5.92. The predicted molar refractivity (Wildman–Crippen MR) is 135 cm³/mol. The Morgan fingerprint density at radius 1 is 0.971 bits per heavy atom. The molecule has 3 aromatic carbocycles. The first kappa shape index (κ1) is 23.9. The Hall–Kier alpha value is -2.80. The molecule has 184 valence electrons. The fraction of sp³-hybridized carbons (Fsp3) is 0.414. The number of nitrogens with zero attached hydrogens (tertiary/aromatic N) is 2. The quantitative estimate of drug-likeness (QED) is 0.567. The Morgan fingerprint density at radius 2 is 1.69 bits per heavy atom. The van der Waals surface area contributed by atoms with E-state index in [2.05, 4.69) is 4.90 Å². The maximum absolute atomic E-state index is 13.5. The van der Waals surface area contributed by atoms with E-state index < -0.39 is 6.10 Å². The lowest BCUT2D eigenvalue weighted by atomic mass is 9.87.